The quantitative estimate of drug-likeness (QED) is 0.668. The molecule has 2 nitrogen and oxygen atoms in total. The van der Waals surface area contributed by atoms with Gasteiger partial charge in [0.25, 0.3) is 0 Å². The van der Waals surface area contributed by atoms with E-state index in [-0.39, 0.29) is 21.8 Å². The molecule has 0 aliphatic heterocycles. The second-order valence-corrected chi connectivity index (χ2v) is 4.55. The highest BCUT2D eigenvalue weighted by atomic mass is 35.5. The van der Waals surface area contributed by atoms with Gasteiger partial charge in [0, 0.05) is 11.1 Å². The van der Waals surface area contributed by atoms with Crippen molar-refractivity contribution in [3.63, 3.8) is 0 Å². The molecule has 0 fully saturated rings. The van der Waals surface area contributed by atoms with E-state index in [9.17, 15) is 18.0 Å². The molecule has 2 rings (SSSR count). The molecular weight excluding hydrogens is 291 g/mol. The van der Waals surface area contributed by atoms with Crippen molar-refractivity contribution < 1.29 is 18.0 Å². The fourth-order valence-electron chi connectivity index (χ4n) is 1.69. The Morgan fingerprint density at radius 1 is 1.05 bits per heavy atom. The number of carbonyl (C=O) groups is 1. The van der Waals surface area contributed by atoms with E-state index >= 15 is 0 Å². The van der Waals surface area contributed by atoms with Gasteiger partial charge in [0.2, 0.25) is 0 Å². The van der Waals surface area contributed by atoms with Gasteiger partial charge < -0.3 is 5.73 Å². The highest BCUT2D eigenvalue weighted by molar-refractivity contribution is 6.33. The SMILES string of the molecule is Nc1cc(C(=O)c2cccc(C(F)(F)F)c2)ccc1Cl. The van der Waals surface area contributed by atoms with E-state index in [1.54, 1.807) is 0 Å². The lowest BCUT2D eigenvalue weighted by Gasteiger charge is -2.08. The molecule has 0 atom stereocenters. The fraction of sp³-hybridized carbons (Fsp3) is 0.0714. The predicted molar refractivity (Wildman–Crippen MR) is 70.7 cm³/mol. The molecule has 0 bridgehead atoms. The van der Waals surface area contributed by atoms with Crippen molar-refractivity contribution in [2.24, 2.45) is 0 Å². The third kappa shape index (κ3) is 2.93. The lowest BCUT2D eigenvalue weighted by Crippen LogP contribution is -2.08. The Bertz CT molecular complexity index is 668. The van der Waals surface area contributed by atoms with Crippen molar-refractivity contribution in [1.29, 1.82) is 0 Å². The maximum absolute atomic E-state index is 12.6. The molecule has 6 heteroatoms. The normalized spacial score (nSPS) is 11.4. The number of benzene rings is 2. The van der Waals surface area contributed by atoms with Gasteiger partial charge in [-0.05, 0) is 30.3 Å². The molecule has 0 saturated heterocycles. The molecule has 0 unspecified atom stereocenters. The van der Waals surface area contributed by atoms with E-state index in [4.69, 9.17) is 17.3 Å². The standard InChI is InChI=1S/C14H9ClF3NO/c15-11-5-4-9(7-12(11)19)13(20)8-2-1-3-10(6-8)14(16,17)18/h1-7H,19H2. The number of rotatable bonds is 2. The van der Waals surface area contributed by atoms with Crippen LogP contribution in [0, 0.1) is 0 Å². The van der Waals surface area contributed by atoms with Crippen LogP contribution in [-0.2, 0) is 6.18 Å². The number of carbonyl (C=O) groups excluding carboxylic acids is 1. The molecule has 2 N–H and O–H groups in total. The van der Waals surface area contributed by atoms with E-state index in [0.29, 0.717) is 0 Å². The Hall–Kier alpha value is -2.01. The summed E-state index contributed by atoms with van der Waals surface area (Å²) < 4.78 is 37.8. The summed E-state index contributed by atoms with van der Waals surface area (Å²) in [5.41, 5.74) is 5.03. The number of anilines is 1. The Kier molecular flexibility index (Phi) is 3.72. The summed E-state index contributed by atoms with van der Waals surface area (Å²) in [5.74, 6) is -0.542. The number of halogens is 4. The van der Waals surface area contributed by atoms with Gasteiger partial charge in [0.05, 0.1) is 16.3 Å². The van der Waals surface area contributed by atoms with E-state index in [1.165, 1.54) is 30.3 Å². The van der Waals surface area contributed by atoms with Crippen LogP contribution in [-0.4, -0.2) is 5.78 Å². The first-order valence-electron chi connectivity index (χ1n) is 5.56. The predicted octanol–water partition coefficient (Wildman–Crippen LogP) is 4.17. The van der Waals surface area contributed by atoms with Crippen LogP contribution in [0.15, 0.2) is 42.5 Å². The van der Waals surface area contributed by atoms with Gasteiger partial charge in [-0.1, -0.05) is 23.7 Å². The first-order valence-corrected chi connectivity index (χ1v) is 5.94. The number of nitrogens with two attached hydrogens (primary N) is 1. The molecule has 0 radical (unpaired) electrons. The van der Waals surface area contributed by atoms with Crippen molar-refractivity contribution in [2.45, 2.75) is 6.18 Å². The number of ketones is 1. The molecule has 2 aromatic carbocycles. The van der Waals surface area contributed by atoms with Gasteiger partial charge >= 0.3 is 6.18 Å². The third-order valence-electron chi connectivity index (χ3n) is 2.71. The summed E-state index contributed by atoms with van der Waals surface area (Å²) in [6.07, 6.45) is -4.49. The van der Waals surface area contributed by atoms with Gasteiger partial charge in [-0.25, -0.2) is 0 Å². The van der Waals surface area contributed by atoms with E-state index < -0.39 is 17.5 Å². The number of hydrogen-bond acceptors (Lipinski definition) is 2. The maximum atomic E-state index is 12.6. The highest BCUT2D eigenvalue weighted by Gasteiger charge is 2.30. The topological polar surface area (TPSA) is 43.1 Å². The first kappa shape index (κ1) is 14.4. The number of alkyl halides is 3. The summed E-state index contributed by atoms with van der Waals surface area (Å²) in [5, 5.41) is 0.283. The monoisotopic (exact) mass is 299 g/mol. The molecule has 0 spiro atoms. The van der Waals surface area contributed by atoms with Crippen molar-refractivity contribution in [3.8, 4) is 0 Å². The summed E-state index contributed by atoms with van der Waals surface area (Å²) in [6.45, 7) is 0. The van der Waals surface area contributed by atoms with Crippen LogP contribution >= 0.6 is 11.6 Å². The van der Waals surface area contributed by atoms with E-state index in [2.05, 4.69) is 0 Å². The van der Waals surface area contributed by atoms with Crippen molar-refractivity contribution in [2.75, 3.05) is 5.73 Å². The second kappa shape index (κ2) is 5.17. The van der Waals surface area contributed by atoms with Crippen LogP contribution < -0.4 is 5.73 Å². The molecule has 0 aliphatic rings. The van der Waals surface area contributed by atoms with Crippen molar-refractivity contribution in [3.05, 3.63) is 64.2 Å². The lowest BCUT2D eigenvalue weighted by atomic mass is 10.0. The van der Waals surface area contributed by atoms with Crippen LogP contribution in [0.25, 0.3) is 0 Å². The van der Waals surface area contributed by atoms with Crippen molar-refractivity contribution >= 4 is 23.1 Å². The number of hydrogen-bond donors (Lipinski definition) is 1. The molecule has 0 amide bonds. The van der Waals surface area contributed by atoms with Gasteiger partial charge in [-0.3, -0.25) is 4.79 Å². The summed E-state index contributed by atoms with van der Waals surface area (Å²) in [7, 11) is 0. The van der Waals surface area contributed by atoms with Gasteiger partial charge in [-0.2, -0.15) is 13.2 Å². The smallest absolute Gasteiger partial charge is 0.398 e. The second-order valence-electron chi connectivity index (χ2n) is 4.14. The molecule has 0 heterocycles. The summed E-state index contributed by atoms with van der Waals surface area (Å²) in [6, 6.07) is 8.42. The maximum Gasteiger partial charge on any atom is 0.416 e. The highest BCUT2D eigenvalue weighted by Crippen LogP contribution is 2.30. The Balaban J connectivity index is 2.41. The third-order valence-corrected chi connectivity index (χ3v) is 3.05. The number of nitrogen functional groups attached to an aromatic ring is 1. The van der Waals surface area contributed by atoms with Crippen LogP contribution in [0.3, 0.4) is 0 Å². The van der Waals surface area contributed by atoms with Crippen molar-refractivity contribution in [1.82, 2.24) is 0 Å². The van der Waals surface area contributed by atoms with Crippen LogP contribution in [0.4, 0.5) is 18.9 Å². The Morgan fingerprint density at radius 2 is 1.70 bits per heavy atom. The minimum atomic E-state index is -4.49. The molecular formula is C14H9ClF3NO. The average Bonchev–Trinajstić information content (AvgIpc) is 2.40. The summed E-state index contributed by atoms with van der Waals surface area (Å²) in [4.78, 5) is 12.1. The fourth-order valence-corrected chi connectivity index (χ4v) is 1.81. The summed E-state index contributed by atoms with van der Waals surface area (Å²) >= 11 is 5.73. The zero-order valence-electron chi connectivity index (χ0n) is 10.0. The molecule has 0 saturated carbocycles. The molecule has 0 aromatic heterocycles. The molecule has 0 aliphatic carbocycles. The average molecular weight is 300 g/mol. The molecule has 2 aromatic rings. The van der Waals surface area contributed by atoms with Crippen LogP contribution in [0.5, 0.6) is 0 Å². The zero-order valence-corrected chi connectivity index (χ0v) is 10.8. The van der Waals surface area contributed by atoms with Crippen LogP contribution in [0.1, 0.15) is 21.5 Å². The van der Waals surface area contributed by atoms with Crippen LogP contribution in [0.2, 0.25) is 5.02 Å². The van der Waals surface area contributed by atoms with Gasteiger partial charge in [0.1, 0.15) is 0 Å². The van der Waals surface area contributed by atoms with E-state index in [1.807, 2.05) is 0 Å². The largest absolute Gasteiger partial charge is 0.416 e. The first-order chi connectivity index (χ1) is 9.29. The molecule has 104 valence electrons. The Morgan fingerprint density at radius 3 is 2.30 bits per heavy atom. The minimum Gasteiger partial charge on any atom is -0.398 e. The zero-order chi connectivity index (χ0) is 14.9. The minimum absolute atomic E-state index is 0.0541. The molecule has 20 heavy (non-hydrogen) atoms. The van der Waals surface area contributed by atoms with Gasteiger partial charge in [0.15, 0.2) is 5.78 Å². The van der Waals surface area contributed by atoms with Gasteiger partial charge in [-0.15, -0.1) is 0 Å². The Labute approximate surface area is 118 Å². The lowest BCUT2D eigenvalue weighted by molar-refractivity contribution is -0.137. The van der Waals surface area contributed by atoms with E-state index in [0.717, 1.165) is 12.1 Å².